The van der Waals surface area contributed by atoms with Crippen LogP contribution < -0.4 is 8.85 Å². The van der Waals surface area contributed by atoms with Crippen LogP contribution in [0.4, 0.5) is 0 Å². The Kier molecular flexibility index (Phi) is 2.39. The smallest absolute Gasteiger partial charge is 0.139 e. The Morgan fingerprint density at radius 2 is 1.89 bits per heavy atom. The Morgan fingerprint density at radius 3 is 2.33 bits per heavy atom. The summed E-state index contributed by atoms with van der Waals surface area (Å²) in [6, 6.07) is 6.33. The molecule has 0 saturated heterocycles. The summed E-state index contributed by atoms with van der Waals surface area (Å²) in [4.78, 5) is 0. The third-order valence-electron chi connectivity index (χ3n) is 1.29. The SMILES string of the molecule is Cc1c[c]([Al])cc[c]1[Al]. The van der Waals surface area contributed by atoms with Gasteiger partial charge in [-0.05, 0) is 6.92 Å². The molecule has 40 valence electrons. The van der Waals surface area contributed by atoms with Crippen molar-refractivity contribution >= 4 is 41.4 Å². The minimum Gasteiger partial charge on any atom is -0.139 e. The maximum atomic E-state index is 2.70. The number of rotatable bonds is 0. The van der Waals surface area contributed by atoms with Crippen LogP contribution in [0.5, 0.6) is 0 Å². The normalized spacial score (nSPS) is 9.44. The van der Waals surface area contributed by atoms with Crippen LogP contribution >= 0.6 is 0 Å². The molecule has 0 aliphatic carbocycles. The van der Waals surface area contributed by atoms with Crippen LogP contribution in [0.1, 0.15) is 5.56 Å². The van der Waals surface area contributed by atoms with Gasteiger partial charge in [0, 0.05) is 0 Å². The van der Waals surface area contributed by atoms with E-state index in [0.717, 1.165) is 0 Å². The van der Waals surface area contributed by atoms with E-state index >= 15 is 0 Å². The van der Waals surface area contributed by atoms with Crippen molar-refractivity contribution in [2.75, 3.05) is 0 Å². The van der Waals surface area contributed by atoms with E-state index in [0.29, 0.717) is 0 Å². The molecule has 0 saturated carbocycles. The van der Waals surface area contributed by atoms with Gasteiger partial charge in [0.1, 0.15) is 0 Å². The topological polar surface area (TPSA) is 0 Å². The van der Waals surface area contributed by atoms with Gasteiger partial charge in [-0.1, -0.05) is 23.8 Å². The zero-order valence-corrected chi connectivity index (χ0v) is 7.70. The minimum absolute atomic E-state index is 1.25. The number of hydrogen-bond donors (Lipinski definition) is 0. The van der Waals surface area contributed by atoms with E-state index in [-0.39, 0.29) is 0 Å². The lowest BCUT2D eigenvalue weighted by molar-refractivity contribution is 1.54. The van der Waals surface area contributed by atoms with Crippen molar-refractivity contribution in [1.29, 1.82) is 0 Å². The molecule has 1 aromatic rings. The van der Waals surface area contributed by atoms with Gasteiger partial charge in [-0.2, -0.15) is 0 Å². The molecule has 0 unspecified atom stereocenters. The summed E-state index contributed by atoms with van der Waals surface area (Å²) in [6.45, 7) is 2.11. The highest BCUT2D eigenvalue weighted by atomic mass is 27.1. The monoisotopic (exact) mass is 144 g/mol. The predicted octanol–water partition coefficient (Wildman–Crippen LogP) is -0.417. The lowest BCUT2D eigenvalue weighted by Gasteiger charge is -2.00. The average Bonchev–Trinajstić information content (AvgIpc) is 1.80. The highest BCUT2D eigenvalue weighted by Gasteiger charge is 1.87. The fourth-order valence-electron chi connectivity index (χ4n) is 0.699. The highest BCUT2D eigenvalue weighted by Crippen LogP contribution is 1.85. The fraction of sp³-hybridized carbons (Fsp3) is 0.143. The molecule has 0 aliphatic heterocycles. The van der Waals surface area contributed by atoms with Gasteiger partial charge < -0.3 is 0 Å². The summed E-state index contributed by atoms with van der Waals surface area (Å²) in [5.74, 6) is 0. The van der Waals surface area contributed by atoms with Crippen molar-refractivity contribution in [3.8, 4) is 0 Å². The Balaban J connectivity index is 3.17. The molecule has 9 heavy (non-hydrogen) atoms. The van der Waals surface area contributed by atoms with Crippen molar-refractivity contribution < 1.29 is 0 Å². The average molecular weight is 144 g/mol. The Morgan fingerprint density at radius 1 is 1.22 bits per heavy atom. The third kappa shape index (κ3) is 1.85. The molecule has 1 rings (SSSR count). The van der Waals surface area contributed by atoms with Gasteiger partial charge in [0.05, 0.1) is 0 Å². The first kappa shape index (κ1) is 7.39. The summed E-state index contributed by atoms with van der Waals surface area (Å²) in [7, 11) is 0. The van der Waals surface area contributed by atoms with Gasteiger partial charge >= 0.3 is 0 Å². The van der Waals surface area contributed by atoms with Gasteiger partial charge in [-0.25, -0.2) is 0 Å². The molecule has 4 radical (unpaired) electrons. The Bertz CT molecular complexity index is 218. The summed E-state index contributed by atoms with van der Waals surface area (Å²) in [6.07, 6.45) is 0. The summed E-state index contributed by atoms with van der Waals surface area (Å²) in [5, 5.41) is 0. The second-order valence-electron chi connectivity index (χ2n) is 2.12. The standard InChI is InChI=1S/C7H6.2Al/c1-7-5-3-2-4-6-7;;/h2-3,6H,1H3;;. The van der Waals surface area contributed by atoms with Gasteiger partial charge in [0.15, 0.2) is 32.6 Å². The van der Waals surface area contributed by atoms with Crippen LogP contribution in [0.25, 0.3) is 0 Å². The van der Waals surface area contributed by atoms with Crippen LogP contribution in [0.15, 0.2) is 18.2 Å². The van der Waals surface area contributed by atoms with E-state index < -0.39 is 0 Å². The van der Waals surface area contributed by atoms with Gasteiger partial charge in [-0.3, -0.25) is 0 Å². The number of benzene rings is 1. The molecule has 1 aromatic carbocycles. The maximum absolute atomic E-state index is 2.70. The van der Waals surface area contributed by atoms with Crippen LogP contribution in [0.2, 0.25) is 0 Å². The van der Waals surface area contributed by atoms with Gasteiger partial charge in [0.25, 0.3) is 0 Å². The van der Waals surface area contributed by atoms with Gasteiger partial charge in [0.2, 0.25) is 0 Å². The number of hydrogen-bond acceptors (Lipinski definition) is 0. The van der Waals surface area contributed by atoms with Crippen molar-refractivity contribution in [2.45, 2.75) is 6.92 Å². The van der Waals surface area contributed by atoms with Crippen molar-refractivity contribution in [3.63, 3.8) is 0 Å². The highest BCUT2D eigenvalue weighted by molar-refractivity contribution is 6.36. The molecule has 0 spiro atoms. The zero-order chi connectivity index (χ0) is 6.85. The largest absolute Gasteiger partial charge is 0.175 e. The first-order valence-electron chi connectivity index (χ1n) is 2.82. The van der Waals surface area contributed by atoms with E-state index in [2.05, 4.69) is 57.7 Å². The van der Waals surface area contributed by atoms with Gasteiger partial charge in [-0.15, -0.1) is 8.85 Å². The first-order chi connectivity index (χ1) is 4.20. The molecule has 0 atom stereocenters. The van der Waals surface area contributed by atoms with Crippen molar-refractivity contribution in [2.24, 2.45) is 0 Å². The molecule has 0 aromatic heterocycles. The molecule has 0 aliphatic rings. The van der Waals surface area contributed by atoms with Crippen molar-refractivity contribution in [3.05, 3.63) is 23.8 Å². The zero-order valence-electron chi connectivity index (χ0n) is 5.39. The van der Waals surface area contributed by atoms with Crippen LogP contribution in [0.3, 0.4) is 0 Å². The first-order valence-corrected chi connectivity index (χ1v) is 3.97. The molecule has 0 amide bonds. The van der Waals surface area contributed by atoms with E-state index in [1.807, 2.05) is 0 Å². The maximum Gasteiger partial charge on any atom is 0.175 e. The van der Waals surface area contributed by atoms with Crippen LogP contribution in [-0.4, -0.2) is 32.6 Å². The molecule has 0 bridgehead atoms. The lowest BCUT2D eigenvalue weighted by Crippen LogP contribution is -2.12. The Labute approximate surface area is 72.1 Å². The quantitative estimate of drug-likeness (QED) is 0.434. The molecule has 0 N–H and O–H groups in total. The summed E-state index contributed by atoms with van der Waals surface area (Å²) >= 11 is 5.38. The fourth-order valence-corrected chi connectivity index (χ4v) is 1.22. The second-order valence-corrected chi connectivity index (χ2v) is 3.40. The van der Waals surface area contributed by atoms with E-state index in [9.17, 15) is 0 Å². The molecule has 2 heteroatoms. The lowest BCUT2D eigenvalue weighted by atomic mass is 10.2. The number of aryl methyl sites for hydroxylation is 1. The predicted molar refractivity (Wildman–Crippen MR) is 42.0 cm³/mol. The second kappa shape index (κ2) is 2.91. The van der Waals surface area contributed by atoms with E-state index in [1.54, 1.807) is 0 Å². The van der Waals surface area contributed by atoms with E-state index in [4.69, 9.17) is 0 Å². The summed E-state index contributed by atoms with van der Waals surface area (Å²) in [5.41, 5.74) is 1.33. The molecular formula is C7H6Al2. The van der Waals surface area contributed by atoms with Crippen LogP contribution in [0, 0.1) is 6.92 Å². The minimum atomic E-state index is 1.25. The van der Waals surface area contributed by atoms with Crippen molar-refractivity contribution in [1.82, 2.24) is 0 Å². The van der Waals surface area contributed by atoms with Crippen LogP contribution in [-0.2, 0) is 0 Å². The molecule has 0 nitrogen and oxygen atoms in total. The van der Waals surface area contributed by atoms with E-state index in [1.165, 1.54) is 14.4 Å². The summed E-state index contributed by atoms with van der Waals surface area (Å²) < 4.78 is 2.53. The Hall–Kier alpha value is 0.285. The molecule has 0 fully saturated rings. The molecular weight excluding hydrogens is 138 g/mol. The third-order valence-corrected chi connectivity index (χ3v) is 2.30. The molecule has 0 heterocycles.